The van der Waals surface area contributed by atoms with Crippen LogP contribution in [-0.4, -0.2) is 17.1 Å². The van der Waals surface area contributed by atoms with E-state index in [-0.39, 0.29) is 5.91 Å². The first-order valence-corrected chi connectivity index (χ1v) is 8.56. The number of pyridine rings is 1. The number of hydrogen-bond donors (Lipinski definition) is 1. The highest BCUT2D eigenvalue weighted by molar-refractivity contribution is 5.94. The summed E-state index contributed by atoms with van der Waals surface area (Å²) in [5, 5.41) is 3.97. The molecule has 0 aromatic carbocycles. The molecule has 0 saturated carbocycles. The van der Waals surface area contributed by atoms with Gasteiger partial charge in [0.15, 0.2) is 0 Å². The molecule has 4 nitrogen and oxygen atoms in total. The van der Waals surface area contributed by atoms with Gasteiger partial charge in [0.2, 0.25) is 0 Å². The Balaban J connectivity index is 1.93. The van der Waals surface area contributed by atoms with E-state index in [1.54, 1.807) is 30.7 Å². The zero-order valence-corrected chi connectivity index (χ0v) is 13.8. The van der Waals surface area contributed by atoms with Crippen molar-refractivity contribution in [3.63, 3.8) is 0 Å². The van der Waals surface area contributed by atoms with E-state index in [0.29, 0.717) is 5.56 Å². The number of carbonyl (C=O) groups excluding carboxylic acids is 1. The molecular weight excluding hydrogens is 274 g/mol. The van der Waals surface area contributed by atoms with Crippen molar-refractivity contribution < 1.29 is 4.79 Å². The fourth-order valence-corrected chi connectivity index (χ4v) is 2.28. The topological polar surface area (TPSA) is 54.4 Å². The van der Waals surface area contributed by atoms with Gasteiger partial charge in [-0.25, -0.2) is 5.43 Å². The summed E-state index contributed by atoms with van der Waals surface area (Å²) in [6.45, 7) is 2.25. The van der Waals surface area contributed by atoms with Crippen LogP contribution in [0, 0.1) is 0 Å². The van der Waals surface area contributed by atoms with Gasteiger partial charge < -0.3 is 0 Å². The van der Waals surface area contributed by atoms with E-state index in [1.165, 1.54) is 51.4 Å². The van der Waals surface area contributed by atoms with Crippen LogP contribution in [0.2, 0.25) is 0 Å². The van der Waals surface area contributed by atoms with Crippen molar-refractivity contribution in [2.75, 3.05) is 0 Å². The third kappa shape index (κ3) is 9.27. The van der Waals surface area contributed by atoms with Crippen LogP contribution in [0.3, 0.4) is 0 Å². The zero-order valence-electron chi connectivity index (χ0n) is 13.8. The second kappa shape index (κ2) is 13.0. The van der Waals surface area contributed by atoms with Crippen LogP contribution in [0.15, 0.2) is 29.6 Å². The summed E-state index contributed by atoms with van der Waals surface area (Å²) >= 11 is 0. The maximum Gasteiger partial charge on any atom is 0.271 e. The molecular formula is C18H29N3O. The number of hydrogen-bond acceptors (Lipinski definition) is 3. The molecule has 0 bridgehead atoms. The average Bonchev–Trinajstić information content (AvgIpc) is 2.56. The highest BCUT2D eigenvalue weighted by Gasteiger charge is 2.01. The van der Waals surface area contributed by atoms with E-state index in [9.17, 15) is 4.79 Å². The maximum absolute atomic E-state index is 11.7. The molecule has 22 heavy (non-hydrogen) atoms. The third-order valence-electron chi connectivity index (χ3n) is 3.64. The number of rotatable bonds is 12. The minimum atomic E-state index is -0.189. The predicted molar refractivity (Wildman–Crippen MR) is 92.0 cm³/mol. The van der Waals surface area contributed by atoms with Crippen molar-refractivity contribution in [3.8, 4) is 0 Å². The SMILES string of the molecule is CCCCCCCCCCC/C=N/NC(=O)c1ccncc1. The monoisotopic (exact) mass is 303 g/mol. The van der Waals surface area contributed by atoms with Crippen molar-refractivity contribution in [1.82, 2.24) is 10.4 Å². The molecule has 0 aliphatic rings. The van der Waals surface area contributed by atoms with Gasteiger partial charge in [-0.3, -0.25) is 9.78 Å². The molecule has 0 fully saturated rings. The van der Waals surface area contributed by atoms with Crippen molar-refractivity contribution in [2.24, 2.45) is 5.10 Å². The summed E-state index contributed by atoms with van der Waals surface area (Å²) in [6, 6.07) is 3.34. The van der Waals surface area contributed by atoms with E-state index >= 15 is 0 Å². The Morgan fingerprint density at radius 3 is 2.27 bits per heavy atom. The number of amides is 1. The first-order valence-electron chi connectivity index (χ1n) is 8.56. The van der Waals surface area contributed by atoms with Crippen LogP contribution in [0.25, 0.3) is 0 Å². The molecule has 1 aromatic heterocycles. The van der Waals surface area contributed by atoms with Crippen LogP contribution in [0.5, 0.6) is 0 Å². The molecule has 0 atom stereocenters. The summed E-state index contributed by atoms with van der Waals surface area (Å²) in [5.41, 5.74) is 3.11. The number of carbonyl (C=O) groups is 1. The number of nitrogens with one attached hydrogen (secondary N) is 1. The Kier molecular flexibility index (Phi) is 10.8. The zero-order chi connectivity index (χ0) is 15.9. The van der Waals surface area contributed by atoms with E-state index in [0.717, 1.165) is 12.8 Å². The summed E-state index contributed by atoms with van der Waals surface area (Å²) in [4.78, 5) is 15.5. The third-order valence-corrected chi connectivity index (χ3v) is 3.64. The van der Waals surface area contributed by atoms with Crippen LogP contribution in [-0.2, 0) is 0 Å². The van der Waals surface area contributed by atoms with Gasteiger partial charge in [-0.15, -0.1) is 0 Å². The molecule has 1 aromatic rings. The molecule has 122 valence electrons. The number of hydrazone groups is 1. The molecule has 0 aliphatic carbocycles. The van der Waals surface area contributed by atoms with Gasteiger partial charge >= 0.3 is 0 Å². The lowest BCUT2D eigenvalue weighted by atomic mass is 10.1. The largest absolute Gasteiger partial charge is 0.271 e. The second-order valence-electron chi connectivity index (χ2n) is 5.61. The van der Waals surface area contributed by atoms with Gasteiger partial charge in [-0.1, -0.05) is 58.3 Å². The molecule has 0 saturated heterocycles. The van der Waals surface area contributed by atoms with Gasteiger partial charge in [0.1, 0.15) is 0 Å². The number of nitrogens with zero attached hydrogens (tertiary/aromatic N) is 2. The lowest BCUT2D eigenvalue weighted by molar-refractivity contribution is 0.0955. The van der Waals surface area contributed by atoms with E-state index in [2.05, 4.69) is 22.4 Å². The molecule has 1 heterocycles. The Bertz CT molecular complexity index is 418. The van der Waals surface area contributed by atoms with Gasteiger partial charge in [-0.2, -0.15) is 5.10 Å². The van der Waals surface area contributed by atoms with Gasteiger partial charge in [0.25, 0.3) is 5.91 Å². The minimum absolute atomic E-state index is 0.189. The summed E-state index contributed by atoms with van der Waals surface area (Å²) < 4.78 is 0. The Morgan fingerprint density at radius 2 is 1.64 bits per heavy atom. The molecule has 0 aliphatic heterocycles. The molecule has 0 radical (unpaired) electrons. The van der Waals surface area contributed by atoms with Crippen LogP contribution >= 0.6 is 0 Å². The maximum atomic E-state index is 11.7. The van der Waals surface area contributed by atoms with Crippen LogP contribution in [0.4, 0.5) is 0 Å². The summed E-state index contributed by atoms with van der Waals surface area (Å²) in [7, 11) is 0. The lowest BCUT2D eigenvalue weighted by Crippen LogP contribution is -2.17. The average molecular weight is 303 g/mol. The highest BCUT2D eigenvalue weighted by atomic mass is 16.2. The Hall–Kier alpha value is -1.71. The molecule has 0 unspecified atom stereocenters. The predicted octanol–water partition coefficient (Wildman–Crippen LogP) is 4.72. The fourth-order valence-electron chi connectivity index (χ4n) is 2.28. The molecule has 1 N–H and O–H groups in total. The van der Waals surface area contributed by atoms with Crippen molar-refractivity contribution in [2.45, 2.75) is 71.1 Å². The van der Waals surface area contributed by atoms with Gasteiger partial charge in [0, 0.05) is 24.2 Å². The van der Waals surface area contributed by atoms with Crippen LogP contribution < -0.4 is 5.43 Å². The first kappa shape index (κ1) is 18.3. The van der Waals surface area contributed by atoms with Crippen molar-refractivity contribution in [3.05, 3.63) is 30.1 Å². The summed E-state index contributed by atoms with van der Waals surface area (Å²) in [5.74, 6) is -0.189. The number of aromatic nitrogens is 1. The quantitative estimate of drug-likeness (QED) is 0.345. The molecule has 1 amide bonds. The minimum Gasteiger partial charge on any atom is -0.267 e. The Morgan fingerprint density at radius 1 is 1.05 bits per heavy atom. The molecule has 1 rings (SSSR count). The van der Waals surface area contributed by atoms with Gasteiger partial charge in [0.05, 0.1) is 0 Å². The standard InChI is InChI=1S/C18H29N3O/c1-2-3-4-5-6-7-8-9-10-11-14-20-21-18(22)17-12-15-19-16-13-17/h12-16H,2-11H2,1H3,(H,21,22)/b20-14+. The lowest BCUT2D eigenvalue weighted by Gasteiger charge is -2.01. The highest BCUT2D eigenvalue weighted by Crippen LogP contribution is 2.09. The van der Waals surface area contributed by atoms with Crippen molar-refractivity contribution in [1.29, 1.82) is 0 Å². The van der Waals surface area contributed by atoms with E-state index in [4.69, 9.17) is 0 Å². The van der Waals surface area contributed by atoms with E-state index in [1.807, 2.05) is 0 Å². The molecule has 0 spiro atoms. The van der Waals surface area contributed by atoms with Crippen LogP contribution in [0.1, 0.15) is 81.5 Å². The normalized spacial score (nSPS) is 11.0. The molecule has 4 heteroatoms. The van der Waals surface area contributed by atoms with Gasteiger partial charge in [-0.05, 0) is 25.0 Å². The smallest absolute Gasteiger partial charge is 0.267 e. The second-order valence-corrected chi connectivity index (χ2v) is 5.61. The van der Waals surface area contributed by atoms with E-state index < -0.39 is 0 Å². The fraction of sp³-hybridized carbons (Fsp3) is 0.611. The first-order chi connectivity index (χ1) is 10.8. The summed E-state index contributed by atoms with van der Waals surface area (Å²) in [6.07, 6.45) is 17.8. The Labute approximate surface area is 134 Å². The number of unbranched alkanes of at least 4 members (excludes halogenated alkanes) is 9. The van der Waals surface area contributed by atoms with Crippen molar-refractivity contribution >= 4 is 12.1 Å².